The molecule has 0 aliphatic heterocycles. The third-order valence-electron chi connectivity index (χ3n) is 3.28. The monoisotopic (exact) mass is 238 g/mol. The second-order valence-electron chi connectivity index (χ2n) is 4.63. The van der Waals surface area contributed by atoms with Gasteiger partial charge >= 0.3 is 0 Å². The van der Waals surface area contributed by atoms with E-state index in [-0.39, 0.29) is 5.92 Å². The minimum absolute atomic E-state index is 0.206. The van der Waals surface area contributed by atoms with E-state index >= 15 is 0 Å². The standard InChI is InChI=1S/C16H14O2/c17-11-13-10-16(13)12-5-4-8-15(9-12)18-14-6-2-1-3-7-14/h1-9,11,13,16H,10H2. The SMILES string of the molecule is O=CC1CC1c1cccc(Oc2ccccc2)c1. The number of para-hydroxylation sites is 1. The van der Waals surface area contributed by atoms with Gasteiger partial charge in [-0.05, 0) is 42.2 Å². The van der Waals surface area contributed by atoms with Gasteiger partial charge in [-0.25, -0.2) is 0 Å². The minimum atomic E-state index is 0.206. The van der Waals surface area contributed by atoms with E-state index in [0.29, 0.717) is 5.92 Å². The number of aldehydes is 1. The maximum atomic E-state index is 10.7. The molecule has 2 heteroatoms. The highest BCUT2D eigenvalue weighted by atomic mass is 16.5. The van der Waals surface area contributed by atoms with Gasteiger partial charge in [0, 0.05) is 5.92 Å². The summed E-state index contributed by atoms with van der Waals surface area (Å²) in [4.78, 5) is 10.7. The fourth-order valence-electron chi connectivity index (χ4n) is 2.18. The zero-order chi connectivity index (χ0) is 12.4. The Morgan fingerprint density at radius 2 is 1.78 bits per heavy atom. The quantitative estimate of drug-likeness (QED) is 0.758. The van der Waals surface area contributed by atoms with Gasteiger partial charge in [0.25, 0.3) is 0 Å². The van der Waals surface area contributed by atoms with Gasteiger partial charge in [-0.3, -0.25) is 0 Å². The molecule has 1 fully saturated rings. The molecule has 1 aliphatic carbocycles. The van der Waals surface area contributed by atoms with Crippen molar-refractivity contribution in [3.05, 3.63) is 60.2 Å². The predicted molar refractivity (Wildman–Crippen MR) is 69.9 cm³/mol. The molecule has 2 aromatic rings. The second-order valence-corrected chi connectivity index (χ2v) is 4.63. The van der Waals surface area contributed by atoms with Gasteiger partial charge in [0.2, 0.25) is 0 Å². The normalized spacial score (nSPS) is 21.3. The third kappa shape index (κ3) is 2.28. The topological polar surface area (TPSA) is 26.3 Å². The van der Waals surface area contributed by atoms with Crippen LogP contribution < -0.4 is 4.74 Å². The highest BCUT2D eigenvalue weighted by Gasteiger charge is 2.38. The maximum Gasteiger partial charge on any atom is 0.127 e. The Bertz CT molecular complexity index is 548. The fraction of sp³-hybridized carbons (Fsp3) is 0.188. The van der Waals surface area contributed by atoms with Crippen LogP contribution in [0.3, 0.4) is 0 Å². The number of hydrogen-bond acceptors (Lipinski definition) is 2. The highest BCUT2D eigenvalue weighted by molar-refractivity contribution is 5.61. The molecular formula is C16H14O2. The molecule has 0 spiro atoms. The van der Waals surface area contributed by atoms with Crippen molar-refractivity contribution in [2.75, 3.05) is 0 Å². The summed E-state index contributed by atoms with van der Waals surface area (Å²) in [5.41, 5.74) is 1.19. The van der Waals surface area contributed by atoms with E-state index in [1.54, 1.807) is 0 Å². The Hall–Kier alpha value is -2.09. The molecule has 0 amide bonds. The molecule has 2 aromatic carbocycles. The van der Waals surface area contributed by atoms with E-state index in [0.717, 1.165) is 24.2 Å². The Morgan fingerprint density at radius 1 is 1.00 bits per heavy atom. The Kier molecular flexibility index (Phi) is 2.85. The average molecular weight is 238 g/mol. The summed E-state index contributed by atoms with van der Waals surface area (Å²) in [5.74, 6) is 2.26. The molecule has 18 heavy (non-hydrogen) atoms. The first-order valence-corrected chi connectivity index (χ1v) is 6.15. The predicted octanol–water partition coefficient (Wildman–Crippen LogP) is 3.78. The number of carbonyl (C=O) groups excluding carboxylic acids is 1. The van der Waals surface area contributed by atoms with Crippen molar-refractivity contribution in [3.63, 3.8) is 0 Å². The second kappa shape index (κ2) is 4.65. The average Bonchev–Trinajstić information content (AvgIpc) is 3.20. The molecule has 0 aromatic heterocycles. The number of ether oxygens (including phenoxy) is 1. The van der Waals surface area contributed by atoms with Gasteiger partial charge in [-0.15, -0.1) is 0 Å². The van der Waals surface area contributed by atoms with E-state index in [4.69, 9.17) is 4.74 Å². The molecule has 0 N–H and O–H groups in total. The smallest absolute Gasteiger partial charge is 0.127 e. The summed E-state index contributed by atoms with van der Waals surface area (Å²) in [7, 11) is 0. The summed E-state index contributed by atoms with van der Waals surface area (Å²) < 4.78 is 5.78. The van der Waals surface area contributed by atoms with E-state index in [9.17, 15) is 4.79 Å². The van der Waals surface area contributed by atoms with Crippen LogP contribution in [0.2, 0.25) is 0 Å². The Balaban J connectivity index is 1.77. The molecule has 0 saturated heterocycles. The van der Waals surface area contributed by atoms with E-state index in [1.165, 1.54) is 5.56 Å². The lowest BCUT2D eigenvalue weighted by Crippen LogP contribution is -1.87. The zero-order valence-electron chi connectivity index (χ0n) is 9.95. The first-order chi connectivity index (χ1) is 8.86. The molecule has 0 radical (unpaired) electrons. The summed E-state index contributed by atoms with van der Waals surface area (Å²) in [6, 6.07) is 17.7. The van der Waals surface area contributed by atoms with Crippen LogP contribution in [-0.2, 0) is 4.79 Å². The van der Waals surface area contributed by atoms with Crippen molar-refractivity contribution < 1.29 is 9.53 Å². The van der Waals surface area contributed by atoms with Gasteiger partial charge in [0.15, 0.2) is 0 Å². The molecule has 2 unspecified atom stereocenters. The zero-order valence-corrected chi connectivity index (χ0v) is 9.95. The molecule has 90 valence electrons. The van der Waals surface area contributed by atoms with Crippen LogP contribution in [0.1, 0.15) is 17.9 Å². The van der Waals surface area contributed by atoms with Crippen LogP contribution in [0, 0.1) is 5.92 Å². The largest absolute Gasteiger partial charge is 0.457 e. The maximum absolute atomic E-state index is 10.7. The lowest BCUT2D eigenvalue weighted by atomic mass is 10.1. The van der Waals surface area contributed by atoms with Gasteiger partial charge in [0.1, 0.15) is 17.8 Å². The van der Waals surface area contributed by atoms with Crippen molar-refractivity contribution >= 4 is 6.29 Å². The van der Waals surface area contributed by atoms with Gasteiger partial charge in [-0.1, -0.05) is 30.3 Å². The molecule has 1 aliphatic rings. The summed E-state index contributed by atoms with van der Waals surface area (Å²) in [6.45, 7) is 0. The van der Waals surface area contributed by atoms with Crippen molar-refractivity contribution in [3.8, 4) is 11.5 Å². The van der Waals surface area contributed by atoms with Crippen molar-refractivity contribution in [2.45, 2.75) is 12.3 Å². The highest BCUT2D eigenvalue weighted by Crippen LogP contribution is 2.46. The summed E-state index contributed by atoms with van der Waals surface area (Å²) in [5, 5.41) is 0. The summed E-state index contributed by atoms with van der Waals surface area (Å²) >= 11 is 0. The third-order valence-corrected chi connectivity index (χ3v) is 3.28. The first-order valence-electron chi connectivity index (χ1n) is 6.15. The van der Waals surface area contributed by atoms with Crippen LogP contribution in [0.15, 0.2) is 54.6 Å². The van der Waals surface area contributed by atoms with Crippen LogP contribution in [0.25, 0.3) is 0 Å². The Morgan fingerprint density at radius 3 is 2.50 bits per heavy atom. The van der Waals surface area contributed by atoms with Crippen LogP contribution in [0.4, 0.5) is 0 Å². The molecule has 1 saturated carbocycles. The van der Waals surface area contributed by atoms with Crippen molar-refractivity contribution in [1.29, 1.82) is 0 Å². The van der Waals surface area contributed by atoms with Crippen LogP contribution in [-0.4, -0.2) is 6.29 Å². The van der Waals surface area contributed by atoms with E-state index in [1.807, 2.05) is 48.5 Å². The first kappa shape index (κ1) is 11.0. The van der Waals surface area contributed by atoms with Gasteiger partial charge in [0.05, 0.1) is 0 Å². The van der Waals surface area contributed by atoms with E-state index < -0.39 is 0 Å². The van der Waals surface area contributed by atoms with E-state index in [2.05, 4.69) is 6.07 Å². The Labute approximate surface area is 106 Å². The molecule has 2 nitrogen and oxygen atoms in total. The molecule has 3 rings (SSSR count). The summed E-state index contributed by atoms with van der Waals surface area (Å²) in [6.07, 6.45) is 2.02. The van der Waals surface area contributed by atoms with Crippen molar-refractivity contribution in [2.24, 2.45) is 5.92 Å². The van der Waals surface area contributed by atoms with Gasteiger partial charge in [-0.2, -0.15) is 0 Å². The van der Waals surface area contributed by atoms with Crippen molar-refractivity contribution in [1.82, 2.24) is 0 Å². The molecule has 0 heterocycles. The lowest BCUT2D eigenvalue weighted by Gasteiger charge is -2.07. The molecule has 0 bridgehead atoms. The van der Waals surface area contributed by atoms with Gasteiger partial charge < -0.3 is 9.53 Å². The molecular weight excluding hydrogens is 224 g/mol. The molecule has 2 atom stereocenters. The lowest BCUT2D eigenvalue weighted by molar-refractivity contribution is -0.108. The minimum Gasteiger partial charge on any atom is -0.457 e. The number of carbonyl (C=O) groups is 1. The number of hydrogen-bond donors (Lipinski definition) is 0. The van der Waals surface area contributed by atoms with Crippen LogP contribution >= 0.6 is 0 Å². The van der Waals surface area contributed by atoms with Crippen LogP contribution in [0.5, 0.6) is 11.5 Å². The number of benzene rings is 2. The number of rotatable bonds is 4. The fourth-order valence-corrected chi connectivity index (χ4v) is 2.18.